The summed E-state index contributed by atoms with van der Waals surface area (Å²) in [6.07, 6.45) is 3.37. The van der Waals surface area contributed by atoms with Crippen LogP contribution in [0.5, 0.6) is 0 Å². The van der Waals surface area contributed by atoms with E-state index in [9.17, 15) is 4.79 Å². The number of nitrogens with zero attached hydrogens (tertiary/aromatic N) is 1. The second-order valence-corrected chi connectivity index (χ2v) is 5.69. The Morgan fingerprint density at radius 2 is 2.16 bits per heavy atom. The first-order chi connectivity index (χ1) is 9.01. The lowest BCUT2D eigenvalue weighted by molar-refractivity contribution is -0.122. The molecule has 0 aromatic carbocycles. The lowest BCUT2D eigenvalue weighted by Crippen LogP contribution is -2.46. The maximum Gasteiger partial charge on any atom is 0.220 e. The van der Waals surface area contributed by atoms with E-state index in [2.05, 4.69) is 10.2 Å². The molecule has 1 aliphatic heterocycles. The second kappa shape index (κ2) is 8.45. The van der Waals surface area contributed by atoms with Gasteiger partial charge < -0.3 is 15.8 Å². The number of nitrogens with two attached hydrogens (primary N) is 1. The van der Waals surface area contributed by atoms with E-state index in [1.54, 1.807) is 7.11 Å². The molecule has 0 aromatic rings. The molecular formula is C13H25N3O2S. The highest BCUT2D eigenvalue weighted by Crippen LogP contribution is 2.10. The van der Waals surface area contributed by atoms with Crippen LogP contribution in [0.25, 0.3) is 0 Å². The van der Waals surface area contributed by atoms with Crippen molar-refractivity contribution in [1.29, 1.82) is 0 Å². The summed E-state index contributed by atoms with van der Waals surface area (Å²) in [5.41, 5.74) is 5.53. The van der Waals surface area contributed by atoms with Gasteiger partial charge in [-0.25, -0.2) is 0 Å². The van der Waals surface area contributed by atoms with Crippen LogP contribution in [0.2, 0.25) is 0 Å². The molecule has 1 atom stereocenters. The number of hydrogen-bond donors (Lipinski definition) is 2. The SMILES string of the molecule is COC(C)CCC(=O)NC1CCN(CC(N)=S)CC1. The van der Waals surface area contributed by atoms with Crippen LogP contribution in [0, 0.1) is 0 Å². The minimum Gasteiger partial charge on any atom is -0.392 e. The average Bonchev–Trinajstić information content (AvgIpc) is 2.37. The molecule has 19 heavy (non-hydrogen) atoms. The summed E-state index contributed by atoms with van der Waals surface area (Å²) in [5.74, 6) is 0.122. The van der Waals surface area contributed by atoms with Crippen molar-refractivity contribution < 1.29 is 9.53 Å². The Kier molecular flexibility index (Phi) is 7.27. The summed E-state index contributed by atoms with van der Waals surface area (Å²) < 4.78 is 5.13. The van der Waals surface area contributed by atoms with E-state index in [-0.39, 0.29) is 18.1 Å². The van der Waals surface area contributed by atoms with E-state index in [4.69, 9.17) is 22.7 Å². The van der Waals surface area contributed by atoms with Crippen LogP contribution in [-0.4, -0.2) is 54.7 Å². The van der Waals surface area contributed by atoms with E-state index in [0.717, 1.165) is 32.4 Å². The topological polar surface area (TPSA) is 67.6 Å². The molecule has 1 aliphatic rings. The highest BCUT2D eigenvalue weighted by atomic mass is 32.1. The second-order valence-electron chi connectivity index (χ2n) is 5.17. The Hall–Kier alpha value is -0.720. The number of hydrogen-bond acceptors (Lipinski definition) is 4. The number of nitrogens with one attached hydrogen (secondary N) is 1. The van der Waals surface area contributed by atoms with Gasteiger partial charge in [0.2, 0.25) is 5.91 Å². The molecule has 0 saturated carbocycles. The summed E-state index contributed by atoms with van der Waals surface area (Å²) in [6, 6.07) is 0.285. The van der Waals surface area contributed by atoms with Gasteiger partial charge in [-0.15, -0.1) is 0 Å². The van der Waals surface area contributed by atoms with Gasteiger partial charge in [0.15, 0.2) is 0 Å². The fraction of sp³-hybridized carbons (Fsp3) is 0.846. The van der Waals surface area contributed by atoms with Crippen molar-refractivity contribution in [2.45, 2.75) is 44.8 Å². The molecule has 3 N–H and O–H groups in total. The molecule has 5 nitrogen and oxygen atoms in total. The summed E-state index contributed by atoms with van der Waals surface area (Å²) in [6.45, 7) is 4.54. The lowest BCUT2D eigenvalue weighted by atomic mass is 10.0. The van der Waals surface area contributed by atoms with Gasteiger partial charge in [0, 0.05) is 39.2 Å². The number of likely N-dealkylation sites (tertiary alicyclic amines) is 1. The third-order valence-electron chi connectivity index (χ3n) is 3.51. The maximum absolute atomic E-state index is 11.8. The third-order valence-corrected chi connectivity index (χ3v) is 3.64. The number of ether oxygens (including phenoxy) is 1. The van der Waals surface area contributed by atoms with Gasteiger partial charge >= 0.3 is 0 Å². The fourth-order valence-corrected chi connectivity index (χ4v) is 2.39. The molecule has 0 aliphatic carbocycles. The largest absolute Gasteiger partial charge is 0.392 e. The van der Waals surface area contributed by atoms with Gasteiger partial charge in [-0.1, -0.05) is 12.2 Å². The molecule has 0 aromatic heterocycles. The molecule has 1 amide bonds. The normalized spacial score (nSPS) is 19.1. The maximum atomic E-state index is 11.8. The van der Waals surface area contributed by atoms with Crippen LogP contribution in [0.1, 0.15) is 32.6 Å². The Balaban J connectivity index is 2.18. The van der Waals surface area contributed by atoms with E-state index in [1.807, 2.05) is 6.92 Å². The number of methoxy groups -OCH3 is 1. The van der Waals surface area contributed by atoms with Crippen LogP contribution in [0.15, 0.2) is 0 Å². The van der Waals surface area contributed by atoms with Crippen molar-refractivity contribution in [2.24, 2.45) is 5.73 Å². The first kappa shape index (κ1) is 16.3. The van der Waals surface area contributed by atoms with Crippen LogP contribution < -0.4 is 11.1 Å². The Morgan fingerprint density at radius 1 is 1.53 bits per heavy atom. The molecule has 6 heteroatoms. The molecule has 0 bridgehead atoms. The summed E-state index contributed by atoms with van der Waals surface area (Å²) in [7, 11) is 1.67. The molecule has 1 rings (SSSR count). The zero-order valence-electron chi connectivity index (χ0n) is 11.9. The number of carbonyl (C=O) groups excluding carboxylic acids is 1. The Bertz CT molecular complexity index is 304. The number of thiocarbonyl (C=S) groups is 1. The molecule has 0 spiro atoms. The quantitative estimate of drug-likeness (QED) is 0.674. The lowest BCUT2D eigenvalue weighted by Gasteiger charge is -2.32. The zero-order chi connectivity index (χ0) is 14.3. The number of rotatable bonds is 7. The molecule has 110 valence electrons. The molecule has 1 unspecified atom stereocenters. The Labute approximate surface area is 120 Å². The van der Waals surface area contributed by atoms with Crippen LogP contribution in [-0.2, 0) is 9.53 Å². The van der Waals surface area contributed by atoms with Gasteiger partial charge in [0.05, 0.1) is 11.1 Å². The summed E-state index contributed by atoms with van der Waals surface area (Å²) in [4.78, 5) is 14.5. The van der Waals surface area contributed by atoms with Gasteiger partial charge in [-0.3, -0.25) is 9.69 Å². The highest BCUT2D eigenvalue weighted by molar-refractivity contribution is 7.80. The third kappa shape index (κ3) is 6.84. The smallest absolute Gasteiger partial charge is 0.220 e. The first-order valence-electron chi connectivity index (χ1n) is 6.84. The summed E-state index contributed by atoms with van der Waals surface area (Å²) in [5, 5.41) is 3.09. The van der Waals surface area contributed by atoms with Crippen molar-refractivity contribution in [3.05, 3.63) is 0 Å². The van der Waals surface area contributed by atoms with Gasteiger partial charge in [0.25, 0.3) is 0 Å². The van der Waals surface area contributed by atoms with Gasteiger partial charge in [-0.2, -0.15) is 0 Å². The van der Waals surface area contributed by atoms with Crippen LogP contribution in [0.3, 0.4) is 0 Å². The van der Waals surface area contributed by atoms with Crippen molar-refractivity contribution in [2.75, 3.05) is 26.7 Å². The standard InChI is InChI=1S/C13H25N3O2S/c1-10(18-2)3-4-13(17)15-11-5-7-16(8-6-11)9-12(14)19/h10-11H,3-9H2,1-2H3,(H2,14,19)(H,15,17). The monoisotopic (exact) mass is 287 g/mol. The van der Waals surface area contributed by atoms with Crippen LogP contribution in [0.4, 0.5) is 0 Å². The fourth-order valence-electron chi connectivity index (χ4n) is 2.21. The van der Waals surface area contributed by atoms with Crippen molar-refractivity contribution >= 4 is 23.1 Å². The predicted octanol–water partition coefficient (Wildman–Crippen LogP) is 0.668. The number of amides is 1. The minimum absolute atomic E-state index is 0.122. The molecule has 1 heterocycles. The zero-order valence-corrected chi connectivity index (χ0v) is 12.7. The van der Waals surface area contributed by atoms with Crippen LogP contribution >= 0.6 is 12.2 Å². The van der Waals surface area contributed by atoms with E-state index < -0.39 is 0 Å². The Morgan fingerprint density at radius 3 is 2.68 bits per heavy atom. The van der Waals surface area contributed by atoms with E-state index in [1.165, 1.54) is 0 Å². The highest BCUT2D eigenvalue weighted by Gasteiger charge is 2.20. The molecule has 1 fully saturated rings. The number of carbonyl (C=O) groups is 1. The van der Waals surface area contributed by atoms with Gasteiger partial charge in [0.1, 0.15) is 0 Å². The summed E-state index contributed by atoms with van der Waals surface area (Å²) >= 11 is 4.90. The average molecular weight is 287 g/mol. The number of piperidine rings is 1. The molecule has 1 saturated heterocycles. The van der Waals surface area contributed by atoms with E-state index >= 15 is 0 Å². The first-order valence-corrected chi connectivity index (χ1v) is 7.25. The predicted molar refractivity (Wildman–Crippen MR) is 80.1 cm³/mol. The van der Waals surface area contributed by atoms with Gasteiger partial charge in [-0.05, 0) is 26.2 Å². The molecular weight excluding hydrogens is 262 g/mol. The van der Waals surface area contributed by atoms with Crippen molar-refractivity contribution in [3.8, 4) is 0 Å². The minimum atomic E-state index is 0.122. The van der Waals surface area contributed by atoms with Crippen molar-refractivity contribution in [1.82, 2.24) is 10.2 Å². The molecule has 0 radical (unpaired) electrons. The van der Waals surface area contributed by atoms with Crippen molar-refractivity contribution in [3.63, 3.8) is 0 Å². The van der Waals surface area contributed by atoms with E-state index in [0.29, 0.717) is 18.0 Å².